The lowest BCUT2D eigenvalue weighted by molar-refractivity contribution is -0.117. The third-order valence-corrected chi connectivity index (χ3v) is 4.87. The van der Waals surface area contributed by atoms with Crippen LogP contribution in [-0.2, 0) is 4.79 Å². The molecule has 3 unspecified atom stereocenters. The molecule has 1 saturated carbocycles. The van der Waals surface area contributed by atoms with Crippen LogP contribution in [0.4, 0.5) is 5.69 Å². The van der Waals surface area contributed by atoms with Crippen molar-refractivity contribution in [1.29, 1.82) is 0 Å². The predicted molar refractivity (Wildman–Crippen MR) is 82.8 cm³/mol. The number of oxazole rings is 1. The molecule has 6 heteroatoms. The molecule has 1 amide bonds. The van der Waals surface area contributed by atoms with E-state index >= 15 is 0 Å². The molecule has 3 atom stereocenters. The molecule has 2 fully saturated rings. The largest absolute Gasteiger partial charge is 0.417 e. The molecule has 0 radical (unpaired) electrons. The maximum absolute atomic E-state index is 12.4. The first-order valence-corrected chi connectivity index (χ1v) is 7.89. The zero-order valence-electron chi connectivity index (χ0n) is 12.2. The Balaban J connectivity index is 1.47. The van der Waals surface area contributed by atoms with Gasteiger partial charge in [-0.1, -0.05) is 12.8 Å². The van der Waals surface area contributed by atoms with Crippen molar-refractivity contribution >= 4 is 22.7 Å². The topological polar surface area (TPSA) is 87.1 Å². The van der Waals surface area contributed by atoms with Gasteiger partial charge in [0.2, 0.25) is 5.91 Å². The van der Waals surface area contributed by atoms with E-state index < -0.39 is 5.76 Å². The molecular weight excluding hydrogens is 282 g/mol. The average molecular weight is 301 g/mol. The molecule has 2 heterocycles. The van der Waals surface area contributed by atoms with Crippen molar-refractivity contribution < 1.29 is 9.21 Å². The van der Waals surface area contributed by atoms with E-state index in [0.717, 1.165) is 6.42 Å². The summed E-state index contributed by atoms with van der Waals surface area (Å²) >= 11 is 0. The van der Waals surface area contributed by atoms with Gasteiger partial charge in [-0.2, -0.15) is 0 Å². The SMILES string of the molecule is O=C(Nc1ccc2oc(=O)[nH]c2c1)C1CC2CCCCC2N1. The van der Waals surface area contributed by atoms with E-state index in [9.17, 15) is 9.59 Å². The van der Waals surface area contributed by atoms with Crippen molar-refractivity contribution in [2.24, 2.45) is 5.92 Å². The van der Waals surface area contributed by atoms with Crippen molar-refractivity contribution in [3.05, 3.63) is 28.7 Å². The van der Waals surface area contributed by atoms with Gasteiger partial charge in [-0.15, -0.1) is 0 Å². The van der Waals surface area contributed by atoms with Crippen LogP contribution < -0.4 is 16.4 Å². The van der Waals surface area contributed by atoms with Crippen molar-refractivity contribution in [2.75, 3.05) is 5.32 Å². The predicted octanol–water partition coefficient (Wildman–Crippen LogP) is 1.98. The van der Waals surface area contributed by atoms with E-state index in [0.29, 0.717) is 28.7 Å². The molecule has 1 aliphatic heterocycles. The number of fused-ring (bicyclic) bond motifs is 2. The maximum Gasteiger partial charge on any atom is 0.417 e. The van der Waals surface area contributed by atoms with Gasteiger partial charge in [0.05, 0.1) is 11.6 Å². The molecule has 1 aromatic carbocycles. The quantitative estimate of drug-likeness (QED) is 0.791. The summed E-state index contributed by atoms with van der Waals surface area (Å²) in [4.78, 5) is 26.2. The number of carbonyl (C=O) groups excluding carboxylic acids is 1. The fourth-order valence-corrected chi connectivity index (χ4v) is 3.78. The second kappa shape index (κ2) is 5.28. The molecular formula is C16H19N3O3. The summed E-state index contributed by atoms with van der Waals surface area (Å²) in [5, 5.41) is 6.40. The van der Waals surface area contributed by atoms with Gasteiger partial charge >= 0.3 is 5.76 Å². The molecule has 1 aliphatic carbocycles. The molecule has 2 aromatic rings. The first kappa shape index (κ1) is 13.6. The summed E-state index contributed by atoms with van der Waals surface area (Å²) in [6.45, 7) is 0. The van der Waals surface area contributed by atoms with Crippen LogP contribution in [0, 0.1) is 5.92 Å². The molecule has 6 nitrogen and oxygen atoms in total. The standard InChI is InChI=1S/C16H19N3O3/c20-15(13-7-9-3-1-2-4-11(9)18-13)17-10-5-6-14-12(8-10)19-16(21)22-14/h5-6,8-9,11,13,18H,1-4,7H2,(H,17,20)(H,19,21). The van der Waals surface area contributed by atoms with Gasteiger partial charge in [0, 0.05) is 11.7 Å². The number of aromatic nitrogens is 1. The fraction of sp³-hybridized carbons (Fsp3) is 0.500. The number of amides is 1. The van der Waals surface area contributed by atoms with E-state index in [4.69, 9.17) is 4.42 Å². The summed E-state index contributed by atoms with van der Waals surface area (Å²) in [6.07, 6.45) is 5.86. The zero-order chi connectivity index (χ0) is 15.1. The first-order valence-electron chi connectivity index (χ1n) is 7.89. The number of hydrogen-bond acceptors (Lipinski definition) is 4. The van der Waals surface area contributed by atoms with Crippen molar-refractivity contribution in [3.8, 4) is 0 Å². The van der Waals surface area contributed by atoms with Crippen LogP contribution in [0.25, 0.3) is 11.1 Å². The summed E-state index contributed by atoms with van der Waals surface area (Å²) in [5.41, 5.74) is 1.76. The minimum atomic E-state index is -0.486. The Bertz CT molecular complexity index is 749. The number of benzene rings is 1. The second-order valence-corrected chi connectivity index (χ2v) is 6.32. The highest BCUT2D eigenvalue weighted by atomic mass is 16.4. The van der Waals surface area contributed by atoms with Crippen LogP contribution in [0.5, 0.6) is 0 Å². The summed E-state index contributed by atoms with van der Waals surface area (Å²) < 4.78 is 4.96. The number of carbonyl (C=O) groups is 1. The van der Waals surface area contributed by atoms with Crippen molar-refractivity contribution in [1.82, 2.24) is 10.3 Å². The number of anilines is 1. The number of aromatic amines is 1. The van der Waals surface area contributed by atoms with Crippen LogP contribution in [-0.4, -0.2) is 23.0 Å². The number of hydrogen-bond donors (Lipinski definition) is 3. The maximum atomic E-state index is 12.4. The summed E-state index contributed by atoms with van der Waals surface area (Å²) in [5.74, 6) is 0.150. The molecule has 0 bridgehead atoms. The van der Waals surface area contributed by atoms with Crippen molar-refractivity contribution in [3.63, 3.8) is 0 Å². The Kier molecular flexibility index (Phi) is 3.26. The normalized spacial score (nSPS) is 27.7. The lowest BCUT2D eigenvalue weighted by atomic mass is 9.85. The minimum absolute atomic E-state index is 0.000378. The summed E-state index contributed by atoms with van der Waals surface area (Å²) in [6, 6.07) is 5.54. The first-order chi connectivity index (χ1) is 10.7. The Morgan fingerprint density at radius 3 is 3.00 bits per heavy atom. The minimum Gasteiger partial charge on any atom is -0.408 e. The Morgan fingerprint density at radius 2 is 2.14 bits per heavy atom. The molecule has 116 valence electrons. The van der Waals surface area contributed by atoms with Gasteiger partial charge < -0.3 is 15.1 Å². The van der Waals surface area contributed by atoms with Gasteiger partial charge in [-0.05, 0) is 43.4 Å². The molecule has 0 spiro atoms. The Morgan fingerprint density at radius 1 is 1.27 bits per heavy atom. The van der Waals surface area contributed by atoms with Crippen LogP contribution in [0.3, 0.4) is 0 Å². The number of H-pyrrole nitrogens is 1. The number of rotatable bonds is 2. The van der Waals surface area contributed by atoms with Crippen LogP contribution in [0.2, 0.25) is 0 Å². The van der Waals surface area contributed by atoms with Crippen molar-refractivity contribution in [2.45, 2.75) is 44.2 Å². The Labute approximate surface area is 127 Å². The van der Waals surface area contributed by atoms with E-state index in [1.807, 2.05) is 0 Å². The van der Waals surface area contributed by atoms with E-state index in [1.54, 1.807) is 18.2 Å². The van der Waals surface area contributed by atoms with E-state index in [-0.39, 0.29) is 11.9 Å². The van der Waals surface area contributed by atoms with Gasteiger partial charge in [0.15, 0.2) is 5.58 Å². The van der Waals surface area contributed by atoms with Gasteiger partial charge in [-0.3, -0.25) is 9.78 Å². The lowest BCUT2D eigenvalue weighted by Crippen LogP contribution is -2.39. The average Bonchev–Trinajstić information content (AvgIpc) is 3.08. The molecule has 4 rings (SSSR count). The molecule has 1 saturated heterocycles. The molecule has 22 heavy (non-hydrogen) atoms. The monoisotopic (exact) mass is 301 g/mol. The Hall–Kier alpha value is -2.08. The highest BCUT2D eigenvalue weighted by Crippen LogP contribution is 2.33. The van der Waals surface area contributed by atoms with Gasteiger partial charge in [0.1, 0.15) is 0 Å². The molecule has 1 aromatic heterocycles. The second-order valence-electron chi connectivity index (χ2n) is 6.32. The molecule has 2 aliphatic rings. The third-order valence-electron chi connectivity index (χ3n) is 4.87. The third kappa shape index (κ3) is 2.43. The molecule has 3 N–H and O–H groups in total. The van der Waals surface area contributed by atoms with Gasteiger partial charge in [-0.25, -0.2) is 4.79 Å². The van der Waals surface area contributed by atoms with Crippen LogP contribution in [0.15, 0.2) is 27.4 Å². The lowest BCUT2D eigenvalue weighted by Gasteiger charge is -2.24. The number of nitrogens with one attached hydrogen (secondary N) is 3. The van der Waals surface area contributed by atoms with E-state index in [1.165, 1.54) is 25.7 Å². The van der Waals surface area contributed by atoms with Crippen LogP contribution >= 0.6 is 0 Å². The summed E-state index contributed by atoms with van der Waals surface area (Å²) in [7, 11) is 0. The highest BCUT2D eigenvalue weighted by Gasteiger charge is 2.38. The smallest absolute Gasteiger partial charge is 0.408 e. The fourth-order valence-electron chi connectivity index (χ4n) is 3.78. The van der Waals surface area contributed by atoms with Crippen LogP contribution in [0.1, 0.15) is 32.1 Å². The van der Waals surface area contributed by atoms with Gasteiger partial charge in [0.25, 0.3) is 0 Å². The van der Waals surface area contributed by atoms with E-state index in [2.05, 4.69) is 15.6 Å². The highest BCUT2D eigenvalue weighted by molar-refractivity contribution is 5.96. The zero-order valence-corrected chi connectivity index (χ0v) is 12.2.